The van der Waals surface area contributed by atoms with Gasteiger partial charge in [-0.05, 0) is 29.8 Å². The number of rotatable bonds is 9. The maximum Gasteiger partial charge on any atom is 0.243 e. The van der Waals surface area contributed by atoms with Crippen LogP contribution in [0.2, 0.25) is 0 Å². The number of hydrogen-bond acceptors (Lipinski definition) is 5. The molecule has 2 aromatic rings. The van der Waals surface area contributed by atoms with Crippen LogP contribution in [-0.2, 0) is 20.6 Å². The number of nitrogens with one attached hydrogen (secondary N) is 1. The Morgan fingerprint density at radius 2 is 1.86 bits per heavy atom. The highest BCUT2D eigenvalue weighted by molar-refractivity contribution is 7.99. The smallest absolute Gasteiger partial charge is 0.243 e. The van der Waals surface area contributed by atoms with E-state index >= 15 is 0 Å². The molecular formula is C20H23N3O3S2. The summed E-state index contributed by atoms with van der Waals surface area (Å²) in [6, 6.07) is 15.7. The first kappa shape index (κ1) is 22.0. The summed E-state index contributed by atoms with van der Waals surface area (Å²) in [7, 11) is -3.57. The van der Waals surface area contributed by atoms with E-state index in [2.05, 4.69) is 11.4 Å². The van der Waals surface area contributed by atoms with Crippen molar-refractivity contribution in [2.45, 2.75) is 24.5 Å². The molecule has 28 heavy (non-hydrogen) atoms. The van der Waals surface area contributed by atoms with Crippen LogP contribution in [0.15, 0.2) is 53.4 Å². The van der Waals surface area contributed by atoms with Gasteiger partial charge in [-0.25, -0.2) is 8.42 Å². The van der Waals surface area contributed by atoms with Crippen LogP contribution in [0.25, 0.3) is 0 Å². The number of carbonyl (C=O) groups is 1. The molecule has 0 radical (unpaired) electrons. The van der Waals surface area contributed by atoms with Gasteiger partial charge in [0.1, 0.15) is 0 Å². The molecule has 1 N–H and O–H groups in total. The average molecular weight is 418 g/mol. The molecule has 8 heteroatoms. The first-order valence-corrected chi connectivity index (χ1v) is 11.5. The van der Waals surface area contributed by atoms with Gasteiger partial charge in [0.05, 0.1) is 22.3 Å². The fourth-order valence-corrected chi connectivity index (χ4v) is 4.99. The van der Waals surface area contributed by atoms with Gasteiger partial charge in [0.25, 0.3) is 0 Å². The number of hydrogen-bond donors (Lipinski definition) is 1. The number of benzene rings is 2. The zero-order valence-electron chi connectivity index (χ0n) is 15.9. The minimum atomic E-state index is -3.57. The third-order valence-corrected chi connectivity index (χ3v) is 7.12. The Hall–Kier alpha value is -2.34. The van der Waals surface area contributed by atoms with Crippen molar-refractivity contribution in [1.29, 1.82) is 5.26 Å². The van der Waals surface area contributed by atoms with Crippen molar-refractivity contribution in [2.24, 2.45) is 0 Å². The predicted octanol–water partition coefficient (Wildman–Crippen LogP) is 3.46. The zero-order chi connectivity index (χ0) is 20.6. The molecule has 1 amide bonds. The highest BCUT2D eigenvalue weighted by Crippen LogP contribution is 2.20. The molecule has 0 aromatic heterocycles. The fourth-order valence-electron chi connectivity index (χ4n) is 2.65. The SMILES string of the molecule is CCN(CC)S(=O)(=O)c1cccc(NC(=O)CSCc2ccccc2C#N)c1. The monoisotopic (exact) mass is 417 g/mol. The third kappa shape index (κ3) is 5.58. The van der Waals surface area contributed by atoms with Crippen LogP contribution in [0.1, 0.15) is 25.0 Å². The first-order valence-electron chi connectivity index (χ1n) is 8.88. The van der Waals surface area contributed by atoms with Crippen LogP contribution in [0.5, 0.6) is 0 Å². The molecule has 0 aliphatic heterocycles. The van der Waals surface area contributed by atoms with E-state index in [1.165, 1.54) is 28.2 Å². The quantitative estimate of drug-likeness (QED) is 0.675. The van der Waals surface area contributed by atoms with Crippen molar-refractivity contribution >= 4 is 33.4 Å². The molecule has 0 aliphatic rings. The van der Waals surface area contributed by atoms with E-state index in [1.54, 1.807) is 38.1 Å². The molecular weight excluding hydrogens is 394 g/mol. The third-order valence-electron chi connectivity index (χ3n) is 4.09. The van der Waals surface area contributed by atoms with E-state index in [9.17, 15) is 13.2 Å². The van der Waals surface area contributed by atoms with Crippen LogP contribution >= 0.6 is 11.8 Å². The van der Waals surface area contributed by atoms with Crippen molar-refractivity contribution in [3.05, 3.63) is 59.7 Å². The molecule has 0 spiro atoms. The van der Waals surface area contributed by atoms with Crippen LogP contribution in [0, 0.1) is 11.3 Å². The maximum atomic E-state index is 12.6. The van der Waals surface area contributed by atoms with Gasteiger partial charge in [-0.3, -0.25) is 4.79 Å². The summed E-state index contributed by atoms with van der Waals surface area (Å²) in [5, 5.41) is 11.8. The molecule has 148 valence electrons. The highest BCUT2D eigenvalue weighted by Gasteiger charge is 2.21. The first-order chi connectivity index (χ1) is 13.4. The molecule has 0 aliphatic carbocycles. The summed E-state index contributed by atoms with van der Waals surface area (Å²) in [6.07, 6.45) is 0. The second-order valence-electron chi connectivity index (χ2n) is 5.93. The molecule has 0 atom stereocenters. The van der Waals surface area contributed by atoms with E-state index in [-0.39, 0.29) is 16.6 Å². The number of thioether (sulfide) groups is 1. The lowest BCUT2D eigenvalue weighted by Crippen LogP contribution is -2.30. The number of carbonyl (C=O) groups excluding carboxylic acids is 1. The van der Waals surface area contributed by atoms with E-state index in [0.29, 0.717) is 30.1 Å². The van der Waals surface area contributed by atoms with Gasteiger partial charge in [0, 0.05) is 24.5 Å². The van der Waals surface area contributed by atoms with Crippen molar-refractivity contribution in [3.8, 4) is 6.07 Å². The molecule has 0 saturated heterocycles. The molecule has 6 nitrogen and oxygen atoms in total. The van der Waals surface area contributed by atoms with Crippen LogP contribution < -0.4 is 5.32 Å². The molecule has 0 bridgehead atoms. The fraction of sp³-hybridized carbons (Fsp3) is 0.300. The van der Waals surface area contributed by atoms with Gasteiger partial charge in [0.2, 0.25) is 15.9 Å². The summed E-state index contributed by atoms with van der Waals surface area (Å²) in [4.78, 5) is 12.4. The Morgan fingerprint density at radius 3 is 2.54 bits per heavy atom. The Bertz CT molecular complexity index is 965. The number of nitriles is 1. The maximum absolute atomic E-state index is 12.6. The summed E-state index contributed by atoms with van der Waals surface area (Å²) in [5.74, 6) is 0.525. The summed E-state index contributed by atoms with van der Waals surface area (Å²) in [6.45, 7) is 4.34. The molecule has 0 saturated carbocycles. The Morgan fingerprint density at radius 1 is 1.14 bits per heavy atom. The van der Waals surface area contributed by atoms with Gasteiger partial charge in [-0.1, -0.05) is 38.1 Å². The lowest BCUT2D eigenvalue weighted by atomic mass is 10.1. The summed E-state index contributed by atoms with van der Waals surface area (Å²) < 4.78 is 26.6. The molecule has 0 heterocycles. The van der Waals surface area contributed by atoms with Gasteiger partial charge < -0.3 is 5.32 Å². The lowest BCUT2D eigenvalue weighted by Gasteiger charge is -2.18. The van der Waals surface area contributed by atoms with Crippen molar-refractivity contribution in [1.82, 2.24) is 4.31 Å². The van der Waals surface area contributed by atoms with Gasteiger partial charge in [-0.2, -0.15) is 9.57 Å². The number of sulfonamides is 1. The Labute approximate surface area is 170 Å². The van der Waals surface area contributed by atoms with Gasteiger partial charge in [-0.15, -0.1) is 11.8 Å². The van der Waals surface area contributed by atoms with Crippen molar-refractivity contribution in [3.63, 3.8) is 0 Å². The van der Waals surface area contributed by atoms with E-state index < -0.39 is 10.0 Å². The van der Waals surface area contributed by atoms with Crippen LogP contribution in [0.4, 0.5) is 5.69 Å². The highest BCUT2D eigenvalue weighted by atomic mass is 32.2. The number of anilines is 1. The largest absolute Gasteiger partial charge is 0.325 e. The van der Waals surface area contributed by atoms with Gasteiger partial charge in [0.15, 0.2) is 0 Å². The molecule has 2 rings (SSSR count). The second-order valence-corrected chi connectivity index (χ2v) is 8.85. The molecule has 0 fully saturated rings. The minimum Gasteiger partial charge on any atom is -0.325 e. The predicted molar refractivity (Wildman–Crippen MR) is 112 cm³/mol. The second kappa shape index (κ2) is 10.3. The van der Waals surface area contributed by atoms with E-state index in [4.69, 9.17) is 5.26 Å². The molecule has 0 unspecified atom stereocenters. The lowest BCUT2D eigenvalue weighted by molar-refractivity contribution is -0.113. The van der Waals surface area contributed by atoms with E-state index in [1.807, 2.05) is 12.1 Å². The number of nitrogens with zero attached hydrogens (tertiary/aromatic N) is 2. The minimum absolute atomic E-state index is 0.157. The summed E-state index contributed by atoms with van der Waals surface area (Å²) >= 11 is 1.40. The van der Waals surface area contributed by atoms with Crippen LogP contribution in [-0.4, -0.2) is 37.5 Å². The topological polar surface area (TPSA) is 90.3 Å². The Balaban J connectivity index is 1.98. The van der Waals surface area contributed by atoms with Crippen molar-refractivity contribution < 1.29 is 13.2 Å². The van der Waals surface area contributed by atoms with Crippen molar-refractivity contribution in [2.75, 3.05) is 24.2 Å². The van der Waals surface area contributed by atoms with E-state index in [0.717, 1.165) is 5.56 Å². The number of amides is 1. The molecule has 2 aromatic carbocycles. The average Bonchev–Trinajstić information content (AvgIpc) is 2.69. The van der Waals surface area contributed by atoms with Gasteiger partial charge >= 0.3 is 0 Å². The zero-order valence-corrected chi connectivity index (χ0v) is 17.5. The summed E-state index contributed by atoms with van der Waals surface area (Å²) in [5.41, 5.74) is 1.93. The van der Waals surface area contributed by atoms with Crippen LogP contribution in [0.3, 0.4) is 0 Å². The Kier molecular flexibility index (Phi) is 8.05. The normalized spacial score (nSPS) is 11.2. The standard InChI is InChI=1S/C20H23N3O3S2/c1-3-23(4-2)28(25,26)19-11-7-10-18(12-19)22-20(24)15-27-14-17-9-6-5-8-16(17)13-21/h5-12H,3-4,14-15H2,1-2H3,(H,22,24).